The van der Waals surface area contributed by atoms with Crippen LogP contribution in [0.5, 0.6) is 5.88 Å². The first kappa shape index (κ1) is 20.9. The summed E-state index contributed by atoms with van der Waals surface area (Å²) in [6, 6.07) is 8.10. The smallest absolute Gasteiger partial charge is 0.344 e. The number of nitrogens with one attached hydrogen (secondary N) is 1. The highest BCUT2D eigenvalue weighted by molar-refractivity contribution is 5.97. The zero-order chi connectivity index (χ0) is 20.5. The van der Waals surface area contributed by atoms with Crippen LogP contribution in [-0.2, 0) is 14.3 Å². The number of amides is 2. The van der Waals surface area contributed by atoms with E-state index in [0.717, 1.165) is 0 Å². The lowest BCUT2D eigenvalue weighted by atomic mass is 10.1. The molecule has 2 amide bonds. The minimum absolute atomic E-state index is 0.118. The molecule has 0 saturated carbocycles. The number of carbonyl (C=O) groups excluding carboxylic acids is 3. The Morgan fingerprint density at radius 1 is 1.14 bits per heavy atom. The monoisotopic (exact) mass is 389 g/mol. The predicted molar refractivity (Wildman–Crippen MR) is 100 cm³/mol. The largest absolute Gasteiger partial charge is 0.463 e. The summed E-state index contributed by atoms with van der Waals surface area (Å²) >= 11 is 0. The van der Waals surface area contributed by atoms with Gasteiger partial charge in [-0.1, -0.05) is 6.07 Å². The quantitative estimate of drug-likeness (QED) is 0.653. The summed E-state index contributed by atoms with van der Waals surface area (Å²) in [6.07, 6.45) is 0. The Morgan fingerprint density at radius 3 is 2.54 bits per heavy atom. The average Bonchev–Trinajstić information content (AvgIpc) is 3.11. The molecule has 2 rings (SSSR count). The molecule has 0 bridgehead atoms. The lowest BCUT2D eigenvalue weighted by Gasteiger charge is -2.19. The lowest BCUT2D eigenvalue weighted by molar-refractivity contribution is -0.149. The molecule has 0 spiro atoms. The van der Waals surface area contributed by atoms with Gasteiger partial charge in [0.25, 0.3) is 17.7 Å². The van der Waals surface area contributed by atoms with Crippen molar-refractivity contribution in [3.05, 3.63) is 41.7 Å². The third-order valence-corrected chi connectivity index (χ3v) is 3.75. The van der Waals surface area contributed by atoms with Crippen LogP contribution in [0.3, 0.4) is 0 Å². The van der Waals surface area contributed by atoms with Crippen molar-refractivity contribution in [3.63, 3.8) is 0 Å². The molecule has 1 aromatic heterocycles. The maximum absolute atomic E-state index is 12.4. The Bertz CT molecular complexity index is 829. The zero-order valence-corrected chi connectivity index (χ0v) is 16.1. The lowest BCUT2D eigenvalue weighted by Crippen LogP contribution is -2.30. The van der Waals surface area contributed by atoms with Crippen LogP contribution >= 0.6 is 0 Å². The van der Waals surface area contributed by atoms with E-state index >= 15 is 0 Å². The molecule has 2 aromatic rings. The topological polar surface area (TPSA) is 111 Å². The third kappa shape index (κ3) is 6.11. The molecule has 1 aromatic carbocycles. The van der Waals surface area contributed by atoms with Gasteiger partial charge in [-0.25, -0.2) is 4.79 Å². The molecule has 150 valence electrons. The Labute approximate surface area is 162 Å². The Morgan fingerprint density at radius 2 is 1.89 bits per heavy atom. The number of hydrogen-bond acceptors (Lipinski definition) is 7. The Kier molecular flexibility index (Phi) is 7.55. The van der Waals surface area contributed by atoms with Gasteiger partial charge in [0.05, 0.1) is 0 Å². The first-order chi connectivity index (χ1) is 13.4. The van der Waals surface area contributed by atoms with Gasteiger partial charge < -0.3 is 24.2 Å². The molecule has 28 heavy (non-hydrogen) atoms. The molecular formula is C19H23N3O6. The van der Waals surface area contributed by atoms with E-state index in [9.17, 15) is 14.4 Å². The minimum atomic E-state index is -0.721. The SMILES string of the molecule is CCN(CC)C(=O)c1cccc(NC(=O)COC(=O)COc2cc(C)on2)c1. The van der Waals surface area contributed by atoms with Gasteiger partial charge in [0, 0.05) is 30.4 Å². The number of hydrogen-bond donors (Lipinski definition) is 1. The van der Waals surface area contributed by atoms with Gasteiger partial charge in [-0.15, -0.1) is 0 Å². The van der Waals surface area contributed by atoms with Crippen LogP contribution in [0.2, 0.25) is 0 Å². The predicted octanol–water partition coefficient (Wildman–Crippen LogP) is 2.03. The van der Waals surface area contributed by atoms with Gasteiger partial charge >= 0.3 is 5.97 Å². The highest BCUT2D eigenvalue weighted by atomic mass is 16.6. The second-order valence-corrected chi connectivity index (χ2v) is 5.83. The van der Waals surface area contributed by atoms with Gasteiger partial charge in [-0.2, -0.15) is 0 Å². The first-order valence-corrected chi connectivity index (χ1v) is 8.83. The van der Waals surface area contributed by atoms with Crippen molar-refractivity contribution in [1.82, 2.24) is 10.1 Å². The number of anilines is 1. The molecule has 0 radical (unpaired) electrons. The molecular weight excluding hydrogens is 366 g/mol. The molecule has 9 nitrogen and oxygen atoms in total. The summed E-state index contributed by atoms with van der Waals surface area (Å²) in [5, 5.41) is 6.16. The van der Waals surface area contributed by atoms with Crippen LogP contribution in [0.4, 0.5) is 5.69 Å². The van der Waals surface area contributed by atoms with Gasteiger partial charge in [0.2, 0.25) is 0 Å². The summed E-state index contributed by atoms with van der Waals surface area (Å²) in [7, 11) is 0. The van der Waals surface area contributed by atoms with E-state index < -0.39 is 25.1 Å². The fourth-order valence-electron chi connectivity index (χ4n) is 2.35. The second kappa shape index (κ2) is 10.1. The highest BCUT2D eigenvalue weighted by Gasteiger charge is 2.14. The molecule has 9 heteroatoms. The maximum atomic E-state index is 12.4. The van der Waals surface area contributed by atoms with Crippen molar-refractivity contribution >= 4 is 23.5 Å². The zero-order valence-electron chi connectivity index (χ0n) is 16.1. The Hall–Kier alpha value is -3.36. The summed E-state index contributed by atoms with van der Waals surface area (Å²) in [5.41, 5.74) is 0.906. The molecule has 0 aliphatic carbocycles. The van der Waals surface area contributed by atoms with Crippen molar-refractivity contribution in [2.75, 3.05) is 31.6 Å². The number of rotatable bonds is 9. The fourth-order valence-corrected chi connectivity index (χ4v) is 2.35. The van der Waals surface area contributed by atoms with Gasteiger partial charge in [-0.3, -0.25) is 9.59 Å². The first-order valence-electron chi connectivity index (χ1n) is 8.83. The maximum Gasteiger partial charge on any atom is 0.344 e. The molecule has 1 N–H and O–H groups in total. The van der Waals surface area contributed by atoms with Crippen molar-refractivity contribution in [2.45, 2.75) is 20.8 Å². The van der Waals surface area contributed by atoms with Crippen molar-refractivity contribution < 1.29 is 28.4 Å². The third-order valence-electron chi connectivity index (χ3n) is 3.75. The fraction of sp³-hybridized carbons (Fsp3) is 0.368. The number of carbonyl (C=O) groups is 3. The number of aromatic nitrogens is 1. The second-order valence-electron chi connectivity index (χ2n) is 5.83. The van der Waals surface area contributed by atoms with Crippen molar-refractivity contribution in [2.24, 2.45) is 0 Å². The number of esters is 1. The molecule has 1 heterocycles. The molecule has 0 aliphatic rings. The van der Waals surface area contributed by atoms with E-state index in [1.165, 1.54) is 6.07 Å². The Balaban J connectivity index is 1.81. The van der Waals surface area contributed by atoms with E-state index in [1.807, 2.05) is 13.8 Å². The van der Waals surface area contributed by atoms with Crippen LogP contribution < -0.4 is 10.1 Å². The highest BCUT2D eigenvalue weighted by Crippen LogP contribution is 2.13. The number of benzene rings is 1. The van der Waals surface area contributed by atoms with Crippen LogP contribution in [0, 0.1) is 6.92 Å². The van der Waals surface area contributed by atoms with E-state index in [4.69, 9.17) is 14.0 Å². The van der Waals surface area contributed by atoms with Gasteiger partial charge in [0.15, 0.2) is 13.2 Å². The molecule has 0 aliphatic heterocycles. The minimum Gasteiger partial charge on any atom is -0.463 e. The average molecular weight is 389 g/mol. The molecule has 0 atom stereocenters. The van der Waals surface area contributed by atoms with Gasteiger partial charge in [-0.05, 0) is 44.1 Å². The normalized spacial score (nSPS) is 10.2. The van der Waals surface area contributed by atoms with Crippen LogP contribution in [0.15, 0.2) is 34.9 Å². The van der Waals surface area contributed by atoms with E-state index in [0.29, 0.717) is 30.1 Å². The van der Waals surface area contributed by atoms with Crippen molar-refractivity contribution in [3.8, 4) is 5.88 Å². The number of aryl methyl sites for hydroxylation is 1. The van der Waals surface area contributed by atoms with Crippen molar-refractivity contribution in [1.29, 1.82) is 0 Å². The number of nitrogens with zero attached hydrogens (tertiary/aromatic N) is 2. The van der Waals surface area contributed by atoms with Crippen LogP contribution in [-0.4, -0.2) is 54.1 Å². The summed E-state index contributed by atoms with van der Waals surface area (Å²) in [4.78, 5) is 37.6. The molecule has 0 unspecified atom stereocenters. The summed E-state index contributed by atoms with van der Waals surface area (Å²) in [6.45, 7) is 5.80. The van der Waals surface area contributed by atoms with E-state index in [-0.39, 0.29) is 11.8 Å². The summed E-state index contributed by atoms with van der Waals surface area (Å²) < 4.78 is 14.7. The molecule has 0 fully saturated rings. The van der Waals surface area contributed by atoms with Crippen LogP contribution in [0.1, 0.15) is 30.0 Å². The van der Waals surface area contributed by atoms with E-state index in [1.54, 1.807) is 36.1 Å². The number of ether oxygens (including phenoxy) is 2. The van der Waals surface area contributed by atoms with Crippen LogP contribution in [0.25, 0.3) is 0 Å². The van der Waals surface area contributed by atoms with E-state index in [2.05, 4.69) is 10.5 Å². The summed E-state index contributed by atoms with van der Waals surface area (Å²) in [5.74, 6) is -0.662. The molecule has 0 saturated heterocycles. The van der Waals surface area contributed by atoms with Gasteiger partial charge in [0.1, 0.15) is 5.76 Å². The standard InChI is InChI=1S/C19H23N3O6/c1-4-22(5-2)19(25)14-7-6-8-15(10-14)20-16(23)11-27-18(24)12-26-17-9-13(3)28-21-17/h6-10H,4-5,11-12H2,1-3H3,(H,20,23).